The van der Waals surface area contributed by atoms with E-state index in [4.69, 9.17) is 4.74 Å². The third-order valence-corrected chi connectivity index (χ3v) is 3.32. The van der Waals surface area contributed by atoms with Gasteiger partial charge in [-0.25, -0.2) is 19.3 Å². The third kappa shape index (κ3) is 2.62. The first kappa shape index (κ1) is 13.6. The number of hydrogen-bond acceptors (Lipinski definition) is 6. The Balaban J connectivity index is 1.95. The molecule has 0 aliphatic carbocycles. The zero-order valence-corrected chi connectivity index (χ0v) is 12.8. The maximum Gasteiger partial charge on any atom is 0.383 e. The van der Waals surface area contributed by atoms with Gasteiger partial charge in [-0.2, -0.15) is 4.98 Å². The number of pyridine rings is 1. The van der Waals surface area contributed by atoms with E-state index >= 15 is 0 Å². The molecule has 3 heterocycles. The Bertz CT molecular complexity index is 846. The summed E-state index contributed by atoms with van der Waals surface area (Å²) in [6, 6.07) is 5.15. The molecule has 0 atom stereocenters. The fourth-order valence-electron chi connectivity index (χ4n) is 1.85. The van der Waals surface area contributed by atoms with Gasteiger partial charge >= 0.3 is 5.97 Å². The van der Waals surface area contributed by atoms with Gasteiger partial charge in [0.05, 0.1) is 0 Å². The molecule has 0 aliphatic rings. The molecule has 0 saturated carbocycles. The summed E-state index contributed by atoms with van der Waals surface area (Å²) >= 11 is 3.21. The number of halogens is 1. The van der Waals surface area contributed by atoms with Crippen LogP contribution >= 0.6 is 15.9 Å². The van der Waals surface area contributed by atoms with Gasteiger partial charge in [0.25, 0.3) is 11.6 Å². The van der Waals surface area contributed by atoms with Gasteiger partial charge in [0.1, 0.15) is 4.60 Å². The van der Waals surface area contributed by atoms with E-state index in [9.17, 15) is 4.79 Å². The molecule has 0 N–H and O–H groups in total. The van der Waals surface area contributed by atoms with Gasteiger partial charge in [0, 0.05) is 17.6 Å². The minimum Gasteiger partial charge on any atom is -0.418 e. The Labute approximate surface area is 128 Å². The van der Waals surface area contributed by atoms with E-state index in [1.54, 1.807) is 18.3 Å². The summed E-state index contributed by atoms with van der Waals surface area (Å²) in [6.07, 6.45) is 1.58. The van der Waals surface area contributed by atoms with Gasteiger partial charge in [0.15, 0.2) is 5.75 Å². The van der Waals surface area contributed by atoms with Crippen molar-refractivity contribution in [2.24, 2.45) is 0 Å². The van der Waals surface area contributed by atoms with Crippen LogP contribution in [0.15, 0.2) is 29.0 Å². The lowest BCUT2D eigenvalue weighted by Gasteiger charge is -2.02. The van der Waals surface area contributed by atoms with Crippen LogP contribution in [0.25, 0.3) is 5.78 Å². The number of hydrogen-bond donors (Lipinski definition) is 0. The number of carbonyl (C=O) groups excluding carboxylic acids is 1. The first-order valence-corrected chi connectivity index (χ1v) is 6.87. The molecule has 3 rings (SSSR count). The Morgan fingerprint density at radius 1 is 1.33 bits per heavy atom. The second-order valence-corrected chi connectivity index (χ2v) is 5.12. The first-order chi connectivity index (χ1) is 10.0. The number of nitrogens with zero attached hydrogens (tertiary/aromatic N) is 5. The van der Waals surface area contributed by atoms with E-state index in [-0.39, 0.29) is 5.82 Å². The summed E-state index contributed by atoms with van der Waals surface area (Å²) in [7, 11) is 0. The van der Waals surface area contributed by atoms with Crippen molar-refractivity contribution in [1.82, 2.24) is 24.6 Å². The highest BCUT2D eigenvalue weighted by molar-refractivity contribution is 9.10. The lowest BCUT2D eigenvalue weighted by atomic mass is 10.4. The minimum absolute atomic E-state index is 0.0491. The summed E-state index contributed by atoms with van der Waals surface area (Å²) < 4.78 is 7.16. The molecule has 106 valence electrons. The van der Waals surface area contributed by atoms with Crippen LogP contribution in [-0.4, -0.2) is 30.5 Å². The Morgan fingerprint density at radius 3 is 2.90 bits per heavy atom. The fourth-order valence-corrected chi connectivity index (χ4v) is 2.18. The second kappa shape index (κ2) is 5.21. The van der Waals surface area contributed by atoms with Crippen molar-refractivity contribution in [3.63, 3.8) is 0 Å². The Kier molecular flexibility index (Phi) is 3.38. The minimum atomic E-state index is -0.661. The second-order valence-electron chi connectivity index (χ2n) is 4.37. The van der Waals surface area contributed by atoms with E-state index in [0.29, 0.717) is 16.1 Å². The third-order valence-electron chi connectivity index (χ3n) is 2.73. The highest BCUT2D eigenvalue weighted by Gasteiger charge is 2.18. The van der Waals surface area contributed by atoms with Gasteiger partial charge in [-0.1, -0.05) is 0 Å². The highest BCUT2D eigenvalue weighted by atomic mass is 79.9. The number of aromatic nitrogens is 5. The average molecular weight is 348 g/mol. The van der Waals surface area contributed by atoms with Crippen LogP contribution in [0.5, 0.6) is 5.75 Å². The van der Waals surface area contributed by atoms with Crippen molar-refractivity contribution in [3.05, 3.63) is 46.2 Å². The quantitative estimate of drug-likeness (QED) is 0.521. The van der Waals surface area contributed by atoms with Crippen LogP contribution in [0.1, 0.15) is 22.0 Å². The molecule has 7 nitrogen and oxygen atoms in total. The SMILES string of the molecule is Cc1cc(C)n2nc(C(=O)Oc3cccnc3Br)nc2n1. The van der Waals surface area contributed by atoms with Crippen LogP contribution < -0.4 is 4.74 Å². The topological polar surface area (TPSA) is 82.3 Å². The zero-order chi connectivity index (χ0) is 15.0. The molecule has 0 radical (unpaired) electrons. The molecule has 0 aliphatic heterocycles. The predicted molar refractivity (Wildman–Crippen MR) is 77.2 cm³/mol. The smallest absolute Gasteiger partial charge is 0.383 e. The van der Waals surface area contributed by atoms with E-state index < -0.39 is 5.97 Å². The number of carbonyl (C=O) groups is 1. The number of fused-ring (bicyclic) bond motifs is 1. The maximum atomic E-state index is 12.1. The van der Waals surface area contributed by atoms with Crippen molar-refractivity contribution in [1.29, 1.82) is 0 Å². The van der Waals surface area contributed by atoms with Crippen LogP contribution in [-0.2, 0) is 0 Å². The number of esters is 1. The summed E-state index contributed by atoms with van der Waals surface area (Å²) in [4.78, 5) is 24.4. The molecule has 21 heavy (non-hydrogen) atoms. The highest BCUT2D eigenvalue weighted by Crippen LogP contribution is 2.21. The first-order valence-electron chi connectivity index (χ1n) is 6.08. The maximum absolute atomic E-state index is 12.1. The van der Waals surface area contributed by atoms with Crippen molar-refractivity contribution >= 4 is 27.7 Å². The van der Waals surface area contributed by atoms with Crippen LogP contribution in [0.3, 0.4) is 0 Å². The fraction of sp³-hybridized carbons (Fsp3) is 0.154. The van der Waals surface area contributed by atoms with Gasteiger partial charge in [-0.3, -0.25) is 0 Å². The monoisotopic (exact) mass is 347 g/mol. The number of ether oxygens (including phenoxy) is 1. The van der Waals surface area contributed by atoms with Gasteiger partial charge < -0.3 is 4.74 Å². The molecule has 0 amide bonds. The van der Waals surface area contributed by atoms with Crippen molar-refractivity contribution < 1.29 is 9.53 Å². The van der Waals surface area contributed by atoms with Crippen molar-refractivity contribution in [3.8, 4) is 5.75 Å². The molecule has 0 unspecified atom stereocenters. The molecule has 3 aromatic heterocycles. The predicted octanol–water partition coefficient (Wildman–Crippen LogP) is 2.12. The zero-order valence-electron chi connectivity index (χ0n) is 11.2. The molecule has 3 aromatic rings. The number of aryl methyl sites for hydroxylation is 2. The normalized spacial score (nSPS) is 10.8. The molecule has 0 bridgehead atoms. The van der Waals surface area contributed by atoms with E-state index in [0.717, 1.165) is 11.4 Å². The van der Waals surface area contributed by atoms with Gasteiger partial charge in [-0.15, -0.1) is 5.10 Å². The summed E-state index contributed by atoms with van der Waals surface area (Å²) in [5.41, 5.74) is 1.65. The van der Waals surface area contributed by atoms with E-state index in [1.165, 1.54) is 4.52 Å². The molecule has 0 fully saturated rings. The lowest BCUT2D eigenvalue weighted by Crippen LogP contribution is -2.11. The molecule has 0 saturated heterocycles. The molecule has 8 heteroatoms. The van der Waals surface area contributed by atoms with Crippen LogP contribution in [0, 0.1) is 13.8 Å². The van der Waals surface area contributed by atoms with Gasteiger partial charge in [-0.05, 0) is 48.0 Å². The lowest BCUT2D eigenvalue weighted by molar-refractivity contribution is 0.0720. The standard InChI is InChI=1S/C13H10BrN5O2/c1-7-6-8(2)19-13(16-7)17-11(18-19)12(20)21-9-4-3-5-15-10(9)14/h3-6H,1-2H3. The Hall–Kier alpha value is -2.35. The van der Waals surface area contributed by atoms with E-state index in [2.05, 4.69) is 36.0 Å². The molecule has 0 spiro atoms. The van der Waals surface area contributed by atoms with Crippen LogP contribution in [0.4, 0.5) is 0 Å². The average Bonchev–Trinajstić information content (AvgIpc) is 2.85. The Morgan fingerprint density at radius 2 is 2.14 bits per heavy atom. The number of rotatable bonds is 2. The van der Waals surface area contributed by atoms with Gasteiger partial charge in [0.2, 0.25) is 0 Å². The molecular formula is C13H10BrN5O2. The van der Waals surface area contributed by atoms with E-state index in [1.807, 2.05) is 19.9 Å². The van der Waals surface area contributed by atoms with Crippen molar-refractivity contribution in [2.75, 3.05) is 0 Å². The molecular weight excluding hydrogens is 338 g/mol. The largest absolute Gasteiger partial charge is 0.418 e. The summed E-state index contributed by atoms with van der Waals surface area (Å²) in [6.45, 7) is 3.72. The van der Waals surface area contributed by atoms with Crippen LogP contribution in [0.2, 0.25) is 0 Å². The van der Waals surface area contributed by atoms with Crippen molar-refractivity contribution in [2.45, 2.75) is 13.8 Å². The molecule has 0 aromatic carbocycles. The summed E-state index contributed by atoms with van der Waals surface area (Å²) in [5, 5.41) is 4.11. The summed E-state index contributed by atoms with van der Waals surface area (Å²) in [5.74, 6) is -0.0369.